The summed E-state index contributed by atoms with van der Waals surface area (Å²) in [4.78, 5) is 27.1. The number of nitrogens with zero attached hydrogens (tertiary/aromatic N) is 1. The topological polar surface area (TPSA) is 49.4 Å². The average molecular weight is 385 g/mol. The first-order chi connectivity index (χ1) is 13.6. The molecule has 1 aliphatic heterocycles. The Kier molecular flexibility index (Phi) is 7.93. The van der Waals surface area contributed by atoms with E-state index >= 15 is 0 Å². The summed E-state index contributed by atoms with van der Waals surface area (Å²) in [5.74, 6) is 1.21. The molecule has 0 bridgehead atoms. The number of piperidine rings is 1. The van der Waals surface area contributed by atoms with E-state index in [1.807, 2.05) is 6.07 Å². The number of carbonyl (C=O) groups is 2. The zero-order chi connectivity index (χ0) is 19.8. The van der Waals surface area contributed by atoms with E-state index in [1.165, 1.54) is 24.8 Å². The molecular weight excluding hydrogens is 348 g/mol. The highest BCUT2D eigenvalue weighted by atomic mass is 16.2. The number of hydrogen-bond donors (Lipinski definition) is 1. The van der Waals surface area contributed by atoms with Gasteiger partial charge in [-0.15, -0.1) is 0 Å². The Balaban J connectivity index is 1.33. The molecule has 1 aromatic carbocycles. The van der Waals surface area contributed by atoms with Gasteiger partial charge in [-0.1, -0.05) is 49.6 Å². The summed E-state index contributed by atoms with van der Waals surface area (Å²) in [6.07, 6.45) is 10.3. The van der Waals surface area contributed by atoms with Gasteiger partial charge in [0.05, 0.1) is 0 Å². The van der Waals surface area contributed by atoms with Crippen molar-refractivity contribution in [3.05, 3.63) is 35.9 Å². The van der Waals surface area contributed by atoms with Gasteiger partial charge >= 0.3 is 0 Å². The Morgan fingerprint density at radius 1 is 1.04 bits per heavy atom. The molecule has 0 radical (unpaired) electrons. The third-order valence-corrected chi connectivity index (χ3v) is 6.47. The minimum absolute atomic E-state index is 0.164. The predicted octanol–water partition coefficient (Wildman–Crippen LogP) is 4.33. The van der Waals surface area contributed by atoms with Gasteiger partial charge in [-0.25, -0.2) is 0 Å². The van der Waals surface area contributed by atoms with Crippen molar-refractivity contribution in [1.82, 2.24) is 10.2 Å². The molecule has 1 aromatic rings. The first-order valence-corrected chi connectivity index (χ1v) is 11.2. The maximum absolute atomic E-state index is 12.7. The fraction of sp³-hybridized carbons (Fsp3) is 0.667. The van der Waals surface area contributed by atoms with Crippen LogP contribution in [-0.4, -0.2) is 35.8 Å². The Hall–Kier alpha value is -1.84. The molecule has 1 heterocycles. The van der Waals surface area contributed by atoms with E-state index in [9.17, 15) is 9.59 Å². The number of nitrogens with one attached hydrogen (secondary N) is 1. The first kappa shape index (κ1) is 20.9. The molecule has 2 fully saturated rings. The third-order valence-electron chi connectivity index (χ3n) is 6.47. The van der Waals surface area contributed by atoms with Crippen LogP contribution in [0.25, 0.3) is 0 Å². The Morgan fingerprint density at radius 3 is 2.39 bits per heavy atom. The fourth-order valence-corrected chi connectivity index (χ4v) is 4.66. The lowest BCUT2D eigenvalue weighted by Gasteiger charge is -2.35. The quantitative estimate of drug-likeness (QED) is 0.760. The van der Waals surface area contributed by atoms with Crippen LogP contribution in [-0.2, 0) is 16.0 Å². The summed E-state index contributed by atoms with van der Waals surface area (Å²) in [5, 5.41) is 3.16. The summed E-state index contributed by atoms with van der Waals surface area (Å²) in [6.45, 7) is 3.75. The van der Waals surface area contributed by atoms with E-state index in [0.29, 0.717) is 18.2 Å². The number of amides is 2. The molecule has 1 aliphatic carbocycles. The van der Waals surface area contributed by atoms with Crippen LogP contribution in [0.3, 0.4) is 0 Å². The third kappa shape index (κ3) is 6.35. The van der Waals surface area contributed by atoms with Crippen molar-refractivity contribution in [2.75, 3.05) is 13.1 Å². The van der Waals surface area contributed by atoms with E-state index in [-0.39, 0.29) is 17.9 Å². The molecule has 1 N–H and O–H groups in total. The minimum atomic E-state index is 0.164. The van der Waals surface area contributed by atoms with Gasteiger partial charge in [0.25, 0.3) is 0 Å². The van der Waals surface area contributed by atoms with Crippen molar-refractivity contribution >= 4 is 11.8 Å². The smallest absolute Gasteiger partial charge is 0.225 e. The molecule has 28 heavy (non-hydrogen) atoms. The lowest BCUT2D eigenvalue weighted by atomic mass is 9.86. The first-order valence-electron chi connectivity index (χ1n) is 11.2. The monoisotopic (exact) mass is 384 g/mol. The van der Waals surface area contributed by atoms with Crippen molar-refractivity contribution in [1.29, 1.82) is 0 Å². The average Bonchev–Trinajstić information content (AvgIpc) is 2.73. The van der Waals surface area contributed by atoms with Gasteiger partial charge in [-0.3, -0.25) is 9.59 Å². The van der Waals surface area contributed by atoms with Crippen molar-refractivity contribution < 1.29 is 9.59 Å². The van der Waals surface area contributed by atoms with Crippen molar-refractivity contribution in [3.63, 3.8) is 0 Å². The second-order valence-corrected chi connectivity index (χ2v) is 8.80. The number of carbonyl (C=O) groups excluding carboxylic acids is 2. The summed E-state index contributed by atoms with van der Waals surface area (Å²) in [5.41, 5.74) is 1.32. The largest absolute Gasteiger partial charge is 0.354 e. The minimum Gasteiger partial charge on any atom is -0.354 e. The second-order valence-electron chi connectivity index (χ2n) is 8.80. The molecular formula is C24H36N2O2. The number of aryl methyl sites for hydroxylation is 1. The molecule has 4 heteroatoms. The molecule has 1 unspecified atom stereocenters. The maximum Gasteiger partial charge on any atom is 0.225 e. The molecule has 2 amide bonds. The van der Waals surface area contributed by atoms with Crippen LogP contribution in [0, 0.1) is 11.8 Å². The zero-order valence-electron chi connectivity index (χ0n) is 17.4. The van der Waals surface area contributed by atoms with Gasteiger partial charge in [0, 0.05) is 31.5 Å². The second kappa shape index (κ2) is 10.6. The number of likely N-dealkylation sites (tertiary alicyclic amines) is 1. The van der Waals surface area contributed by atoms with Crippen LogP contribution in [0.15, 0.2) is 30.3 Å². The Morgan fingerprint density at radius 2 is 1.71 bits per heavy atom. The van der Waals surface area contributed by atoms with Gasteiger partial charge in [0.2, 0.25) is 11.8 Å². The van der Waals surface area contributed by atoms with Gasteiger partial charge < -0.3 is 10.2 Å². The van der Waals surface area contributed by atoms with E-state index in [4.69, 9.17) is 0 Å². The molecule has 1 saturated heterocycles. The summed E-state index contributed by atoms with van der Waals surface area (Å²) in [6, 6.07) is 10.6. The van der Waals surface area contributed by atoms with Crippen LogP contribution >= 0.6 is 0 Å². The highest BCUT2D eigenvalue weighted by Gasteiger charge is 2.29. The number of hydrogen-bond acceptors (Lipinski definition) is 2. The number of benzene rings is 1. The fourth-order valence-electron chi connectivity index (χ4n) is 4.66. The lowest BCUT2D eigenvalue weighted by Crippen LogP contribution is -2.43. The summed E-state index contributed by atoms with van der Waals surface area (Å²) < 4.78 is 0. The number of rotatable bonds is 7. The van der Waals surface area contributed by atoms with Crippen molar-refractivity contribution in [3.8, 4) is 0 Å². The molecule has 3 rings (SSSR count). The normalized spacial score (nSPS) is 20.0. The molecule has 1 atom stereocenters. The highest BCUT2D eigenvalue weighted by Crippen LogP contribution is 2.28. The van der Waals surface area contributed by atoms with E-state index in [1.54, 1.807) is 0 Å². The standard InChI is InChI=1S/C24H36N2O2/c1-19(12-13-20-8-4-2-5-9-20)25-23(27)18-21-14-16-26(17-15-21)24(28)22-10-6-3-7-11-22/h2,4-5,8-9,19,21-22H,3,6-7,10-18H2,1H3,(H,25,27). The van der Waals surface area contributed by atoms with Gasteiger partial charge in [0.15, 0.2) is 0 Å². The van der Waals surface area contributed by atoms with Crippen LogP contribution in [0.5, 0.6) is 0 Å². The molecule has 4 nitrogen and oxygen atoms in total. The van der Waals surface area contributed by atoms with Crippen molar-refractivity contribution in [2.24, 2.45) is 11.8 Å². The maximum atomic E-state index is 12.7. The van der Waals surface area contributed by atoms with Gasteiger partial charge in [-0.05, 0) is 56.9 Å². The van der Waals surface area contributed by atoms with Crippen molar-refractivity contribution in [2.45, 2.75) is 77.2 Å². The molecule has 1 saturated carbocycles. The van der Waals surface area contributed by atoms with Crippen LogP contribution in [0.4, 0.5) is 0 Å². The zero-order valence-corrected chi connectivity index (χ0v) is 17.4. The SMILES string of the molecule is CC(CCc1ccccc1)NC(=O)CC1CCN(C(=O)C2CCCCC2)CC1. The Bertz CT molecular complexity index is 617. The van der Waals surface area contributed by atoms with Crippen LogP contribution in [0.2, 0.25) is 0 Å². The molecule has 154 valence electrons. The molecule has 2 aliphatic rings. The lowest BCUT2D eigenvalue weighted by molar-refractivity contribution is -0.138. The predicted molar refractivity (Wildman–Crippen MR) is 113 cm³/mol. The van der Waals surface area contributed by atoms with E-state index in [0.717, 1.165) is 51.6 Å². The van der Waals surface area contributed by atoms with Crippen LogP contribution < -0.4 is 5.32 Å². The summed E-state index contributed by atoms with van der Waals surface area (Å²) in [7, 11) is 0. The Labute approximate surface area is 170 Å². The van der Waals surface area contributed by atoms with Gasteiger partial charge in [-0.2, -0.15) is 0 Å². The highest BCUT2D eigenvalue weighted by molar-refractivity contribution is 5.79. The van der Waals surface area contributed by atoms with Crippen LogP contribution in [0.1, 0.15) is 70.3 Å². The summed E-state index contributed by atoms with van der Waals surface area (Å²) >= 11 is 0. The molecule has 0 aromatic heterocycles. The van der Waals surface area contributed by atoms with Gasteiger partial charge in [0.1, 0.15) is 0 Å². The van der Waals surface area contributed by atoms with E-state index in [2.05, 4.69) is 41.4 Å². The van der Waals surface area contributed by atoms with E-state index < -0.39 is 0 Å². The molecule has 0 spiro atoms.